The monoisotopic (exact) mass is 401 g/mol. The molecule has 0 aliphatic carbocycles. The van der Waals surface area contributed by atoms with Crippen LogP contribution in [0.25, 0.3) is 10.9 Å². The highest BCUT2D eigenvalue weighted by Gasteiger charge is 2.23. The molecule has 0 radical (unpaired) electrons. The number of piperidine rings is 1. The lowest BCUT2D eigenvalue weighted by atomic mass is 9.88. The lowest BCUT2D eigenvalue weighted by Gasteiger charge is -2.28. The number of carbonyl (C=O) groups is 1. The first-order chi connectivity index (χ1) is 12.9. The minimum atomic E-state index is -0.0745. The third kappa shape index (κ3) is 3.45. The first-order valence-corrected chi connectivity index (χ1v) is 9.78. The Bertz CT molecular complexity index is 1020. The van der Waals surface area contributed by atoms with Crippen LogP contribution in [0.15, 0.2) is 42.6 Å². The molecule has 1 fully saturated rings. The average molecular weight is 402 g/mol. The van der Waals surface area contributed by atoms with Crippen molar-refractivity contribution in [3.8, 4) is 0 Å². The molecule has 3 aromatic rings. The largest absolute Gasteiger partial charge is 0.339 e. The third-order valence-electron chi connectivity index (χ3n) is 5.47. The van der Waals surface area contributed by atoms with Crippen LogP contribution in [0.4, 0.5) is 0 Å². The van der Waals surface area contributed by atoms with Gasteiger partial charge in [0.2, 0.25) is 0 Å². The number of ketones is 1. The maximum absolute atomic E-state index is 12.9. The Hall–Kier alpha value is -2.01. The van der Waals surface area contributed by atoms with Gasteiger partial charge in [0.15, 0.2) is 5.78 Å². The standard InChI is InChI=1S/C21H21Cl2N3O/c1-25-8-6-13(7-9-25)17-12-26(24)20-5-3-14(10-16(17)20)21(27)15-2-4-18(22)19(23)11-15/h2-5,10-13H,6-9,24H2,1H3. The molecule has 1 aliphatic rings. The maximum atomic E-state index is 12.9. The second kappa shape index (κ2) is 7.19. The molecule has 1 aromatic heterocycles. The zero-order valence-electron chi connectivity index (χ0n) is 15.1. The molecule has 1 saturated heterocycles. The van der Waals surface area contributed by atoms with E-state index in [1.165, 1.54) is 5.56 Å². The summed E-state index contributed by atoms with van der Waals surface area (Å²) < 4.78 is 1.66. The average Bonchev–Trinajstić information content (AvgIpc) is 3.00. The van der Waals surface area contributed by atoms with Gasteiger partial charge in [0, 0.05) is 22.7 Å². The van der Waals surface area contributed by atoms with Gasteiger partial charge in [-0.1, -0.05) is 23.2 Å². The molecular formula is C21H21Cl2N3O. The summed E-state index contributed by atoms with van der Waals surface area (Å²) >= 11 is 12.0. The van der Waals surface area contributed by atoms with E-state index in [0.29, 0.717) is 27.1 Å². The minimum absolute atomic E-state index is 0.0745. The van der Waals surface area contributed by atoms with Crippen LogP contribution < -0.4 is 5.84 Å². The van der Waals surface area contributed by atoms with Crippen molar-refractivity contribution in [3.05, 3.63) is 69.3 Å². The molecule has 0 amide bonds. The summed E-state index contributed by atoms with van der Waals surface area (Å²) in [4.78, 5) is 15.3. The number of hydrogen-bond acceptors (Lipinski definition) is 3. The Kier molecular flexibility index (Phi) is 4.89. The molecule has 0 unspecified atom stereocenters. The molecule has 0 bridgehead atoms. The molecule has 0 saturated carbocycles. The summed E-state index contributed by atoms with van der Waals surface area (Å²) in [6.07, 6.45) is 4.20. The van der Waals surface area contributed by atoms with Crippen LogP contribution in [0.2, 0.25) is 10.0 Å². The smallest absolute Gasteiger partial charge is 0.193 e. The number of nitrogens with zero attached hydrogens (tertiary/aromatic N) is 2. The third-order valence-corrected chi connectivity index (χ3v) is 6.21. The van der Waals surface area contributed by atoms with E-state index in [1.807, 2.05) is 24.4 Å². The molecule has 1 aliphatic heterocycles. The van der Waals surface area contributed by atoms with Crippen molar-refractivity contribution in [1.82, 2.24) is 9.58 Å². The summed E-state index contributed by atoms with van der Waals surface area (Å²) in [6.45, 7) is 2.15. The number of carbonyl (C=O) groups excluding carboxylic acids is 1. The number of fused-ring (bicyclic) bond motifs is 1. The predicted molar refractivity (Wildman–Crippen MR) is 111 cm³/mol. The van der Waals surface area contributed by atoms with E-state index >= 15 is 0 Å². The quantitative estimate of drug-likeness (QED) is 0.510. The van der Waals surface area contributed by atoms with Gasteiger partial charge in [0.25, 0.3) is 0 Å². The molecule has 140 valence electrons. The topological polar surface area (TPSA) is 51.3 Å². The Morgan fingerprint density at radius 1 is 1.04 bits per heavy atom. The highest BCUT2D eigenvalue weighted by Crippen LogP contribution is 2.34. The molecule has 2 N–H and O–H groups in total. The van der Waals surface area contributed by atoms with E-state index in [9.17, 15) is 4.79 Å². The zero-order valence-corrected chi connectivity index (χ0v) is 16.6. The Labute approximate surface area is 168 Å². The minimum Gasteiger partial charge on any atom is -0.339 e. The van der Waals surface area contributed by atoms with Crippen molar-refractivity contribution < 1.29 is 4.79 Å². The van der Waals surface area contributed by atoms with Crippen molar-refractivity contribution in [3.63, 3.8) is 0 Å². The highest BCUT2D eigenvalue weighted by molar-refractivity contribution is 6.42. The van der Waals surface area contributed by atoms with Gasteiger partial charge >= 0.3 is 0 Å². The zero-order chi connectivity index (χ0) is 19.1. The van der Waals surface area contributed by atoms with Gasteiger partial charge in [-0.2, -0.15) is 0 Å². The lowest BCUT2D eigenvalue weighted by molar-refractivity contribution is 0.103. The number of aromatic nitrogens is 1. The highest BCUT2D eigenvalue weighted by atomic mass is 35.5. The van der Waals surface area contributed by atoms with Gasteiger partial charge in [-0.3, -0.25) is 9.47 Å². The van der Waals surface area contributed by atoms with Crippen LogP contribution in [0.5, 0.6) is 0 Å². The number of benzene rings is 2. The first-order valence-electron chi connectivity index (χ1n) is 9.02. The van der Waals surface area contributed by atoms with E-state index in [1.54, 1.807) is 22.9 Å². The van der Waals surface area contributed by atoms with Gasteiger partial charge in [-0.15, -0.1) is 0 Å². The maximum Gasteiger partial charge on any atom is 0.193 e. The normalized spacial score (nSPS) is 16.1. The second-order valence-corrected chi connectivity index (χ2v) is 8.07. The van der Waals surface area contributed by atoms with Crippen LogP contribution in [0, 0.1) is 0 Å². The number of halogens is 2. The van der Waals surface area contributed by atoms with Gasteiger partial charge < -0.3 is 10.7 Å². The summed E-state index contributed by atoms with van der Waals surface area (Å²) in [5.41, 5.74) is 3.32. The number of rotatable bonds is 3. The fourth-order valence-electron chi connectivity index (χ4n) is 3.87. The van der Waals surface area contributed by atoms with E-state index in [0.717, 1.165) is 36.8 Å². The summed E-state index contributed by atoms with van der Waals surface area (Å²) in [7, 11) is 2.15. The molecule has 2 heterocycles. The number of nitrogens with two attached hydrogens (primary N) is 1. The summed E-state index contributed by atoms with van der Waals surface area (Å²) in [5, 5.41) is 1.87. The van der Waals surface area contributed by atoms with Gasteiger partial charge in [0.1, 0.15) is 0 Å². The number of nitrogen functional groups attached to an aromatic ring is 1. The van der Waals surface area contributed by atoms with Gasteiger partial charge in [-0.25, -0.2) is 0 Å². The number of likely N-dealkylation sites (tertiary alicyclic amines) is 1. The lowest BCUT2D eigenvalue weighted by Crippen LogP contribution is -2.29. The van der Waals surface area contributed by atoms with Crippen molar-refractivity contribution >= 4 is 39.9 Å². The van der Waals surface area contributed by atoms with Gasteiger partial charge in [-0.05, 0) is 80.9 Å². The van der Waals surface area contributed by atoms with Crippen molar-refractivity contribution in [2.45, 2.75) is 18.8 Å². The van der Waals surface area contributed by atoms with Crippen molar-refractivity contribution in [2.75, 3.05) is 26.0 Å². The summed E-state index contributed by atoms with van der Waals surface area (Å²) in [6, 6.07) is 10.6. The fourth-order valence-corrected chi connectivity index (χ4v) is 4.17. The van der Waals surface area contributed by atoms with Crippen LogP contribution >= 0.6 is 23.2 Å². The fraction of sp³-hybridized carbons (Fsp3) is 0.286. The Morgan fingerprint density at radius 3 is 2.41 bits per heavy atom. The second-order valence-electron chi connectivity index (χ2n) is 7.26. The predicted octanol–water partition coefficient (Wildman–Crippen LogP) is 4.70. The molecule has 27 heavy (non-hydrogen) atoms. The molecule has 0 spiro atoms. The van der Waals surface area contributed by atoms with E-state index in [-0.39, 0.29) is 5.78 Å². The SMILES string of the molecule is CN1CCC(c2cn(N)c3ccc(C(=O)c4ccc(Cl)c(Cl)c4)cc23)CC1. The van der Waals surface area contributed by atoms with Crippen molar-refractivity contribution in [2.24, 2.45) is 0 Å². The molecule has 6 heteroatoms. The molecular weight excluding hydrogens is 381 g/mol. The van der Waals surface area contributed by atoms with Crippen molar-refractivity contribution in [1.29, 1.82) is 0 Å². The molecule has 4 nitrogen and oxygen atoms in total. The van der Waals surface area contributed by atoms with E-state index in [2.05, 4.69) is 11.9 Å². The van der Waals surface area contributed by atoms with Crippen LogP contribution in [-0.2, 0) is 0 Å². The van der Waals surface area contributed by atoms with Crippen LogP contribution in [0.1, 0.15) is 40.2 Å². The Balaban J connectivity index is 1.73. The van der Waals surface area contributed by atoms with Crippen LogP contribution in [0.3, 0.4) is 0 Å². The summed E-state index contributed by atoms with van der Waals surface area (Å²) in [5.74, 6) is 6.56. The van der Waals surface area contributed by atoms with Gasteiger partial charge in [0.05, 0.1) is 15.6 Å². The Morgan fingerprint density at radius 2 is 1.70 bits per heavy atom. The molecule has 0 atom stereocenters. The van der Waals surface area contributed by atoms with E-state index < -0.39 is 0 Å². The first kappa shape index (κ1) is 18.4. The molecule has 2 aromatic carbocycles. The molecule has 4 rings (SSSR count). The number of hydrogen-bond donors (Lipinski definition) is 1. The van der Waals surface area contributed by atoms with E-state index in [4.69, 9.17) is 29.0 Å². The van der Waals surface area contributed by atoms with Crippen LogP contribution in [-0.4, -0.2) is 35.5 Å².